The third-order valence-corrected chi connectivity index (χ3v) is 3.28. The molecule has 0 aliphatic carbocycles. The second-order valence-corrected chi connectivity index (χ2v) is 4.41. The molecule has 1 N–H and O–H groups in total. The van der Waals surface area contributed by atoms with Crippen LogP contribution in [0.5, 0.6) is 0 Å². The molecule has 1 saturated heterocycles. The number of anilines is 1. The van der Waals surface area contributed by atoms with E-state index in [9.17, 15) is 9.18 Å². The van der Waals surface area contributed by atoms with Crippen molar-refractivity contribution in [3.05, 3.63) is 21.6 Å². The van der Waals surface area contributed by atoms with E-state index >= 15 is 0 Å². The number of alkyl halides is 1. The lowest BCUT2D eigenvalue weighted by molar-refractivity contribution is -0.0301. The van der Waals surface area contributed by atoms with Crippen molar-refractivity contribution >= 4 is 17.3 Å². The van der Waals surface area contributed by atoms with Gasteiger partial charge in [-0.15, -0.1) is 0 Å². The van der Waals surface area contributed by atoms with Crippen LogP contribution in [-0.4, -0.2) is 36.3 Å². The normalized spacial score (nSPS) is 24.6. The molecule has 0 radical (unpaired) electrons. The molecule has 1 aromatic heterocycles. The molecule has 0 spiro atoms. The molecule has 5 nitrogen and oxygen atoms in total. The minimum Gasteiger partial charge on any atom is -0.376 e. The molecular formula is C10H13ClFN3O2. The van der Waals surface area contributed by atoms with Crippen LogP contribution in [0.15, 0.2) is 11.0 Å². The average Bonchev–Trinajstić information content (AvgIpc) is 2.33. The maximum atomic E-state index is 14.6. The average molecular weight is 262 g/mol. The van der Waals surface area contributed by atoms with Crippen LogP contribution in [-0.2, 0) is 4.74 Å². The molecular weight excluding hydrogens is 249 g/mol. The molecule has 1 aliphatic rings. The quantitative estimate of drug-likeness (QED) is 0.816. The molecule has 1 atom stereocenters. The first-order valence-electron chi connectivity index (χ1n) is 5.28. The summed E-state index contributed by atoms with van der Waals surface area (Å²) in [4.78, 5) is 12.6. The molecule has 1 aromatic rings. The highest BCUT2D eigenvalue weighted by Crippen LogP contribution is 2.32. The Bertz CT molecular complexity index is 459. The van der Waals surface area contributed by atoms with Gasteiger partial charge in [-0.1, -0.05) is 11.6 Å². The molecule has 94 valence electrons. The van der Waals surface area contributed by atoms with E-state index in [-0.39, 0.29) is 17.3 Å². The van der Waals surface area contributed by atoms with Crippen LogP contribution in [0.3, 0.4) is 0 Å². The highest BCUT2D eigenvalue weighted by atomic mass is 35.5. The third-order valence-electron chi connectivity index (χ3n) is 2.91. The SMILES string of the molecule is CN(c1cn[nH]c(=O)c1Cl)[C@]1(F)CCCOC1. The standard InChI is InChI=1S/C10H13ClFN3O2/c1-15(10(12)3-2-4-17-6-10)7-5-13-14-9(16)8(7)11/h5H,2-4,6H2,1H3,(H,14,16)/t10-/m1/s1. The first kappa shape index (κ1) is 12.3. The Balaban J connectivity index is 2.33. The molecule has 2 heterocycles. The van der Waals surface area contributed by atoms with Gasteiger partial charge in [0.25, 0.3) is 5.56 Å². The molecule has 2 rings (SSSR count). The second kappa shape index (κ2) is 4.62. The lowest BCUT2D eigenvalue weighted by atomic mass is 10.1. The number of ether oxygens (including phenoxy) is 1. The van der Waals surface area contributed by atoms with E-state index in [1.165, 1.54) is 18.1 Å². The molecule has 0 saturated carbocycles. The number of hydrogen-bond acceptors (Lipinski definition) is 4. The van der Waals surface area contributed by atoms with Crippen molar-refractivity contribution in [2.45, 2.75) is 18.6 Å². The highest BCUT2D eigenvalue weighted by molar-refractivity contribution is 6.33. The van der Waals surface area contributed by atoms with Crippen LogP contribution in [0.4, 0.5) is 10.1 Å². The molecule has 0 aromatic carbocycles. The first-order valence-corrected chi connectivity index (χ1v) is 5.66. The smallest absolute Gasteiger partial charge is 0.285 e. The van der Waals surface area contributed by atoms with Gasteiger partial charge < -0.3 is 9.64 Å². The van der Waals surface area contributed by atoms with Crippen molar-refractivity contribution in [3.63, 3.8) is 0 Å². The molecule has 7 heteroatoms. The second-order valence-electron chi connectivity index (χ2n) is 4.03. The Morgan fingerprint density at radius 2 is 2.47 bits per heavy atom. The summed E-state index contributed by atoms with van der Waals surface area (Å²) in [5, 5.41) is 5.75. The van der Waals surface area contributed by atoms with Gasteiger partial charge >= 0.3 is 0 Å². The van der Waals surface area contributed by atoms with Crippen molar-refractivity contribution in [2.75, 3.05) is 25.2 Å². The van der Waals surface area contributed by atoms with E-state index in [1.54, 1.807) is 0 Å². The van der Waals surface area contributed by atoms with Crippen LogP contribution in [0.25, 0.3) is 0 Å². The summed E-state index contributed by atoms with van der Waals surface area (Å²) in [5.41, 5.74) is -0.264. The van der Waals surface area contributed by atoms with Gasteiger partial charge in [0, 0.05) is 20.1 Å². The van der Waals surface area contributed by atoms with Crippen LogP contribution < -0.4 is 10.5 Å². The summed E-state index contributed by atoms with van der Waals surface area (Å²) in [6, 6.07) is 0. The zero-order valence-electron chi connectivity index (χ0n) is 9.37. The maximum Gasteiger partial charge on any atom is 0.285 e. The van der Waals surface area contributed by atoms with E-state index in [2.05, 4.69) is 10.2 Å². The van der Waals surface area contributed by atoms with Crippen LogP contribution in [0.2, 0.25) is 5.02 Å². The lowest BCUT2D eigenvalue weighted by Crippen LogP contribution is -2.49. The largest absolute Gasteiger partial charge is 0.376 e. The van der Waals surface area contributed by atoms with Gasteiger partial charge in [0.15, 0.2) is 0 Å². The number of rotatable bonds is 2. The van der Waals surface area contributed by atoms with Gasteiger partial charge in [-0.05, 0) is 6.42 Å². The van der Waals surface area contributed by atoms with E-state index < -0.39 is 11.4 Å². The maximum absolute atomic E-state index is 14.6. The van der Waals surface area contributed by atoms with Crippen molar-refractivity contribution in [2.24, 2.45) is 0 Å². The van der Waals surface area contributed by atoms with Crippen molar-refractivity contribution in [3.8, 4) is 0 Å². The number of H-pyrrole nitrogens is 1. The summed E-state index contributed by atoms with van der Waals surface area (Å²) >= 11 is 5.84. The fraction of sp³-hybridized carbons (Fsp3) is 0.600. The molecule has 1 fully saturated rings. The van der Waals surface area contributed by atoms with Gasteiger partial charge in [-0.2, -0.15) is 5.10 Å². The van der Waals surface area contributed by atoms with Crippen LogP contribution in [0, 0.1) is 0 Å². The number of likely N-dealkylation sites (N-methyl/N-ethyl adjacent to an activating group) is 1. The molecule has 0 bridgehead atoms. The van der Waals surface area contributed by atoms with Gasteiger partial charge in [0.05, 0.1) is 18.5 Å². The van der Waals surface area contributed by atoms with E-state index in [1.807, 2.05) is 0 Å². The Kier molecular flexibility index (Phi) is 3.35. The van der Waals surface area contributed by atoms with Gasteiger partial charge in [0.2, 0.25) is 5.79 Å². The van der Waals surface area contributed by atoms with E-state index in [4.69, 9.17) is 16.3 Å². The zero-order valence-corrected chi connectivity index (χ0v) is 10.1. The number of aromatic nitrogens is 2. The molecule has 1 aliphatic heterocycles. The summed E-state index contributed by atoms with van der Waals surface area (Å²) in [5.74, 6) is -1.64. The Morgan fingerprint density at radius 3 is 3.12 bits per heavy atom. The molecule has 0 unspecified atom stereocenters. The van der Waals surface area contributed by atoms with E-state index in [0.717, 1.165) is 0 Å². The number of nitrogens with zero attached hydrogens (tertiary/aromatic N) is 2. The number of hydrogen-bond donors (Lipinski definition) is 1. The van der Waals surface area contributed by atoms with Gasteiger partial charge in [-0.3, -0.25) is 4.79 Å². The summed E-state index contributed by atoms with van der Waals surface area (Å²) in [6.45, 7) is 0.521. The Labute approximate surface area is 103 Å². The van der Waals surface area contributed by atoms with Crippen molar-refractivity contribution in [1.82, 2.24) is 10.2 Å². The lowest BCUT2D eigenvalue weighted by Gasteiger charge is -2.38. The summed E-state index contributed by atoms with van der Waals surface area (Å²) in [6.07, 6.45) is 2.31. The first-order chi connectivity index (χ1) is 8.04. The van der Waals surface area contributed by atoms with Gasteiger partial charge in [0.1, 0.15) is 5.02 Å². The number of halogens is 2. The van der Waals surface area contributed by atoms with Crippen LogP contribution >= 0.6 is 11.6 Å². The number of aromatic amines is 1. The predicted molar refractivity (Wildman–Crippen MR) is 62.2 cm³/mol. The summed E-state index contributed by atoms with van der Waals surface area (Å²) < 4.78 is 19.7. The fourth-order valence-corrected chi connectivity index (χ4v) is 2.05. The van der Waals surface area contributed by atoms with Crippen molar-refractivity contribution in [1.29, 1.82) is 0 Å². The highest BCUT2D eigenvalue weighted by Gasteiger charge is 2.38. The third kappa shape index (κ3) is 2.28. The summed E-state index contributed by atoms with van der Waals surface area (Å²) in [7, 11) is 1.54. The molecule has 17 heavy (non-hydrogen) atoms. The van der Waals surface area contributed by atoms with Crippen LogP contribution in [0.1, 0.15) is 12.8 Å². The zero-order chi connectivity index (χ0) is 12.5. The van der Waals surface area contributed by atoms with Crippen molar-refractivity contribution < 1.29 is 9.13 Å². The Morgan fingerprint density at radius 1 is 1.71 bits per heavy atom. The predicted octanol–water partition coefficient (Wildman–Crippen LogP) is 1.34. The minimum absolute atomic E-state index is 0.0351. The van der Waals surface area contributed by atoms with Gasteiger partial charge in [-0.25, -0.2) is 9.49 Å². The number of nitrogens with one attached hydrogen (secondary N) is 1. The monoisotopic (exact) mass is 261 g/mol. The molecule has 0 amide bonds. The fourth-order valence-electron chi connectivity index (χ4n) is 1.83. The topological polar surface area (TPSA) is 58.2 Å². The minimum atomic E-state index is -1.64. The Hall–Kier alpha value is -1.14. The van der Waals surface area contributed by atoms with E-state index in [0.29, 0.717) is 19.4 Å².